The molecule has 11 nitrogen and oxygen atoms in total. The maximum absolute atomic E-state index is 12.7. The van der Waals surface area contributed by atoms with Crippen molar-refractivity contribution >= 4 is 35.4 Å². The normalized spacial score (nSPS) is 14.7. The summed E-state index contributed by atoms with van der Waals surface area (Å²) in [4.78, 5) is 73.6. The lowest BCUT2D eigenvalue weighted by molar-refractivity contribution is -0.163. The molecule has 1 fully saturated rings. The molecule has 0 unspecified atom stereocenters. The molecule has 4 rings (SSSR count). The van der Waals surface area contributed by atoms with Gasteiger partial charge in [0.2, 0.25) is 0 Å². The van der Waals surface area contributed by atoms with Crippen LogP contribution >= 0.6 is 0 Å². The summed E-state index contributed by atoms with van der Waals surface area (Å²) in [5.41, 5.74) is 6.57. The second-order valence-electron chi connectivity index (χ2n) is 18.1. The molecule has 0 saturated heterocycles. The molecule has 1 aliphatic rings. The van der Waals surface area contributed by atoms with Crippen LogP contribution in [0.2, 0.25) is 0 Å². The smallest absolute Gasteiger partial charge is 0.333 e. The van der Waals surface area contributed by atoms with Gasteiger partial charge in [-0.2, -0.15) is 0 Å². The zero-order chi connectivity index (χ0) is 48.2. The maximum atomic E-state index is 12.7. The van der Waals surface area contributed by atoms with Gasteiger partial charge in [0.25, 0.3) is 0 Å². The minimum Gasteiger partial charge on any atom is -0.492 e. The molecule has 1 saturated carbocycles. The fourth-order valence-electron chi connectivity index (χ4n) is 8.19. The first-order chi connectivity index (χ1) is 31.5. The van der Waals surface area contributed by atoms with E-state index in [0.29, 0.717) is 30.1 Å². The van der Waals surface area contributed by atoms with Crippen LogP contribution in [0.25, 0.3) is 22.3 Å². The van der Waals surface area contributed by atoms with Crippen LogP contribution in [0.15, 0.2) is 85.0 Å². The lowest BCUT2D eigenvalue weighted by Gasteiger charge is -2.32. The SMILES string of the molecule is C=C(C)C(=O)OCCCc1cc(-c2ccc(-c3ccc(C4CCC(CCCCC)CC4)cc3)cc2CC)ccc1OCC(COC(=O)CC(C)=O)(COC(=O)CC(C)=O)COC(=O)C(=C)C. The highest BCUT2D eigenvalue weighted by Crippen LogP contribution is 2.39. The van der Waals surface area contributed by atoms with Crippen molar-refractivity contribution in [3.8, 4) is 28.0 Å². The zero-order valence-corrected chi connectivity index (χ0v) is 40.1. The molecule has 0 amide bonds. The van der Waals surface area contributed by atoms with Gasteiger partial charge in [0.1, 0.15) is 62.0 Å². The first-order valence-corrected chi connectivity index (χ1v) is 23.5. The summed E-state index contributed by atoms with van der Waals surface area (Å²) in [6.07, 6.45) is 11.2. The van der Waals surface area contributed by atoms with Gasteiger partial charge in [-0.15, -0.1) is 0 Å². The van der Waals surface area contributed by atoms with E-state index in [1.54, 1.807) is 6.92 Å². The maximum Gasteiger partial charge on any atom is 0.333 e. The number of hydrogen-bond acceptors (Lipinski definition) is 11. The van der Waals surface area contributed by atoms with Crippen LogP contribution in [-0.4, -0.2) is 68.5 Å². The van der Waals surface area contributed by atoms with E-state index in [-0.39, 0.29) is 18.8 Å². The fourth-order valence-corrected chi connectivity index (χ4v) is 8.19. The van der Waals surface area contributed by atoms with Gasteiger partial charge in [-0.25, -0.2) is 9.59 Å². The van der Waals surface area contributed by atoms with Gasteiger partial charge in [0, 0.05) is 11.1 Å². The highest BCUT2D eigenvalue weighted by molar-refractivity contribution is 5.94. The van der Waals surface area contributed by atoms with Crippen molar-refractivity contribution in [3.63, 3.8) is 0 Å². The minimum atomic E-state index is -1.48. The Morgan fingerprint density at radius 2 is 1.17 bits per heavy atom. The van der Waals surface area contributed by atoms with Gasteiger partial charge in [-0.05, 0) is 136 Å². The quantitative estimate of drug-likeness (QED) is 0.0236. The van der Waals surface area contributed by atoms with E-state index in [0.717, 1.165) is 40.2 Å². The first-order valence-electron chi connectivity index (χ1n) is 23.5. The Balaban J connectivity index is 1.64. The molecule has 0 aromatic heterocycles. The zero-order valence-electron chi connectivity index (χ0n) is 40.1. The summed E-state index contributed by atoms with van der Waals surface area (Å²) in [6, 6.07) is 21.4. The third kappa shape index (κ3) is 16.9. The molecule has 0 atom stereocenters. The Labute approximate surface area is 391 Å². The number of ether oxygens (including phenoxy) is 5. The third-order valence-corrected chi connectivity index (χ3v) is 12.1. The summed E-state index contributed by atoms with van der Waals surface area (Å²) < 4.78 is 28.4. The molecular weight excluding hydrogens is 837 g/mol. The number of ketones is 2. The number of carbonyl (C=O) groups is 6. The van der Waals surface area contributed by atoms with E-state index in [1.165, 1.54) is 83.3 Å². The number of rotatable bonds is 27. The molecule has 0 heterocycles. The van der Waals surface area contributed by atoms with Gasteiger partial charge in [0.05, 0.1) is 6.61 Å². The van der Waals surface area contributed by atoms with Crippen molar-refractivity contribution in [1.82, 2.24) is 0 Å². The van der Waals surface area contributed by atoms with Crippen LogP contribution in [0.1, 0.15) is 135 Å². The number of Topliss-reactive ketones (excluding diaryl/α,β-unsaturated/α-hetero) is 2. The molecule has 3 aromatic carbocycles. The second kappa shape index (κ2) is 26.3. The lowest BCUT2D eigenvalue weighted by atomic mass is 9.77. The van der Waals surface area contributed by atoms with Crippen LogP contribution in [0.4, 0.5) is 0 Å². The molecule has 0 aliphatic heterocycles. The highest BCUT2D eigenvalue weighted by Gasteiger charge is 2.38. The molecule has 0 N–H and O–H groups in total. The molecule has 11 heteroatoms. The fraction of sp³-hybridized carbons (Fsp3) is 0.491. The number of carbonyl (C=O) groups excluding carboxylic acids is 6. The largest absolute Gasteiger partial charge is 0.492 e. The van der Waals surface area contributed by atoms with Crippen LogP contribution in [0.3, 0.4) is 0 Å². The number of aryl methyl sites for hydroxylation is 2. The average Bonchev–Trinajstić information content (AvgIpc) is 3.29. The van der Waals surface area contributed by atoms with Crippen molar-refractivity contribution in [2.45, 2.75) is 131 Å². The summed E-state index contributed by atoms with van der Waals surface area (Å²) in [7, 11) is 0. The number of benzene rings is 3. The van der Waals surface area contributed by atoms with E-state index in [9.17, 15) is 28.8 Å². The van der Waals surface area contributed by atoms with Crippen LogP contribution in [0.5, 0.6) is 5.75 Å². The molecule has 3 aromatic rings. The minimum absolute atomic E-state index is 0.107. The monoisotopic (exact) mass is 906 g/mol. The van der Waals surface area contributed by atoms with Gasteiger partial charge < -0.3 is 23.7 Å². The summed E-state index contributed by atoms with van der Waals surface area (Å²) in [5.74, 6) is -1.80. The van der Waals surface area contributed by atoms with Crippen molar-refractivity contribution in [3.05, 3.63) is 102 Å². The Kier molecular flexibility index (Phi) is 21.1. The van der Waals surface area contributed by atoms with Crippen LogP contribution in [-0.2, 0) is 60.6 Å². The van der Waals surface area contributed by atoms with Crippen molar-refractivity contribution in [1.29, 1.82) is 0 Å². The Morgan fingerprint density at radius 3 is 1.74 bits per heavy atom. The highest BCUT2D eigenvalue weighted by atomic mass is 16.6. The third-order valence-electron chi connectivity index (χ3n) is 12.1. The molecule has 0 bridgehead atoms. The Hall–Kier alpha value is -5.84. The van der Waals surface area contributed by atoms with E-state index in [4.69, 9.17) is 23.7 Å². The predicted octanol–water partition coefficient (Wildman–Crippen LogP) is 11.0. The topological polar surface area (TPSA) is 149 Å². The molecule has 1 aliphatic carbocycles. The molecule has 356 valence electrons. The lowest BCUT2D eigenvalue weighted by Crippen LogP contribution is -2.44. The summed E-state index contributed by atoms with van der Waals surface area (Å²) in [5, 5.41) is 0. The van der Waals surface area contributed by atoms with E-state index in [1.807, 2.05) is 18.2 Å². The predicted molar refractivity (Wildman–Crippen MR) is 256 cm³/mol. The van der Waals surface area contributed by atoms with Gasteiger partial charge in [-0.3, -0.25) is 19.2 Å². The van der Waals surface area contributed by atoms with Gasteiger partial charge >= 0.3 is 23.9 Å². The molecule has 0 radical (unpaired) electrons. The van der Waals surface area contributed by atoms with Gasteiger partial charge in [0.15, 0.2) is 0 Å². The standard InChI is InChI=1S/C55H70O11/c1-9-11-12-14-41-16-18-43(19-17-41)44-20-22-45(23-21-44)46-24-26-49(42(10-2)31-46)47-25-27-50(48(32-47)15-13-28-62-53(60)37(3)4)63-33-55(36-66-54(61)38(5)6,34-64-51(58)29-39(7)56)35-65-52(59)30-40(8)57/h20-27,31-32,41,43H,3,5,9-19,28-30,33-36H2,1-2,4,6-8H3. The first kappa shape index (κ1) is 52.8. The summed E-state index contributed by atoms with van der Waals surface area (Å²) >= 11 is 0. The Bertz CT molecular complexity index is 2140. The molecule has 66 heavy (non-hydrogen) atoms. The average molecular weight is 907 g/mol. The van der Waals surface area contributed by atoms with E-state index >= 15 is 0 Å². The van der Waals surface area contributed by atoms with E-state index < -0.39 is 73.5 Å². The van der Waals surface area contributed by atoms with Crippen LogP contribution < -0.4 is 4.74 Å². The van der Waals surface area contributed by atoms with Crippen molar-refractivity contribution < 1.29 is 52.5 Å². The van der Waals surface area contributed by atoms with Gasteiger partial charge in [-0.1, -0.05) is 101 Å². The van der Waals surface area contributed by atoms with Crippen molar-refractivity contribution in [2.24, 2.45) is 11.3 Å². The second-order valence-corrected chi connectivity index (χ2v) is 18.1. The van der Waals surface area contributed by atoms with Crippen molar-refractivity contribution in [2.75, 3.05) is 33.0 Å². The summed E-state index contributed by atoms with van der Waals surface area (Å²) in [6.45, 7) is 15.7. The molecule has 0 spiro atoms. The van der Waals surface area contributed by atoms with E-state index in [2.05, 4.69) is 69.5 Å². The Morgan fingerprint density at radius 1 is 0.606 bits per heavy atom. The molecular formula is C55H70O11. The number of esters is 4. The number of hydrogen-bond donors (Lipinski definition) is 0. The number of unbranched alkanes of at least 4 members (excludes halogenated alkanes) is 2. The van der Waals surface area contributed by atoms with Crippen LogP contribution in [0, 0.1) is 11.3 Å².